The van der Waals surface area contributed by atoms with Crippen molar-refractivity contribution in [1.82, 2.24) is 20.9 Å². The number of aryl methyl sites for hydroxylation is 1. The topological polar surface area (TPSA) is 93.3 Å². The Morgan fingerprint density at radius 3 is 2.60 bits per heavy atom. The molecule has 1 aromatic heterocycles. The van der Waals surface area contributed by atoms with Crippen LogP contribution >= 0.6 is 11.6 Å². The van der Waals surface area contributed by atoms with Crippen molar-refractivity contribution >= 4 is 17.5 Å². The summed E-state index contributed by atoms with van der Waals surface area (Å²) in [6.07, 6.45) is 2.89. The quantitative estimate of drug-likeness (QED) is 0.164. The largest absolute Gasteiger partial charge is 0.460 e. The predicted octanol–water partition coefficient (Wildman–Crippen LogP) is 6.66. The number of carbonyl (C=O) groups is 1. The first-order valence-electron chi connectivity index (χ1n) is 15.7. The number of furan rings is 1. The average Bonchev–Trinajstić information content (AvgIpc) is 3.52. The molecule has 0 radical (unpaired) electrons. The van der Waals surface area contributed by atoms with Gasteiger partial charge < -0.3 is 25.3 Å². The number of carbonyl (C=O) groups excluding carboxylic acids is 1. The summed E-state index contributed by atoms with van der Waals surface area (Å²) < 4.78 is 6.17. The number of piperidine rings is 1. The number of nitriles is 1. The molecule has 0 bridgehead atoms. The second-order valence-electron chi connectivity index (χ2n) is 12.2. The Kier molecular flexibility index (Phi) is 11.1. The molecule has 4 aromatic rings. The zero-order valence-electron chi connectivity index (χ0n) is 26.3. The van der Waals surface area contributed by atoms with Crippen LogP contribution in [0.2, 0.25) is 5.02 Å². The van der Waals surface area contributed by atoms with Crippen molar-refractivity contribution in [2.24, 2.45) is 0 Å². The number of nitrogens with one attached hydrogen (secondary N) is 3. The minimum Gasteiger partial charge on any atom is -0.460 e. The molecule has 1 fully saturated rings. The third-order valence-corrected chi connectivity index (χ3v) is 8.82. The zero-order chi connectivity index (χ0) is 31.8. The lowest BCUT2D eigenvalue weighted by Gasteiger charge is -2.31. The van der Waals surface area contributed by atoms with Crippen molar-refractivity contribution in [2.45, 2.75) is 57.8 Å². The standard InChI is InChI=1S/C37H42ClN5O2/c1-25-6-12-29(13-7-25)26(2)40-23-33-15-17-36(45-33)30-14-16-35(38)34(20-30)37(44)42-32(19-27-8-10-28(21-39)11-9-27)22-41-31-5-4-18-43(3)24-31/h6-17,20,26,31-32,40-41H,4-5,18-19,22-24H2,1-3H3,(H,42,44)/t26-,31?,32-/m1/s1. The van der Waals surface area contributed by atoms with E-state index in [1.165, 1.54) is 11.1 Å². The summed E-state index contributed by atoms with van der Waals surface area (Å²) >= 11 is 6.57. The van der Waals surface area contributed by atoms with Crippen LogP contribution < -0.4 is 16.0 Å². The van der Waals surface area contributed by atoms with Gasteiger partial charge in [-0.25, -0.2) is 0 Å². The average molecular weight is 624 g/mol. The van der Waals surface area contributed by atoms with Crippen LogP contribution in [0, 0.1) is 18.3 Å². The fraction of sp³-hybridized carbons (Fsp3) is 0.351. The Balaban J connectivity index is 1.26. The smallest absolute Gasteiger partial charge is 0.253 e. The van der Waals surface area contributed by atoms with Gasteiger partial charge in [-0.1, -0.05) is 53.6 Å². The van der Waals surface area contributed by atoms with Crippen molar-refractivity contribution in [2.75, 3.05) is 26.7 Å². The van der Waals surface area contributed by atoms with Crippen LogP contribution in [0.4, 0.5) is 0 Å². The van der Waals surface area contributed by atoms with Crippen molar-refractivity contribution in [3.63, 3.8) is 0 Å². The number of likely N-dealkylation sites (N-methyl/N-ethyl adjacent to an activating group) is 1. The summed E-state index contributed by atoms with van der Waals surface area (Å²) in [5.74, 6) is 1.26. The van der Waals surface area contributed by atoms with Gasteiger partial charge in [0.05, 0.1) is 28.8 Å². The number of amides is 1. The molecule has 7 nitrogen and oxygen atoms in total. The Labute approximate surface area is 271 Å². The van der Waals surface area contributed by atoms with Crippen molar-refractivity contribution < 1.29 is 9.21 Å². The molecule has 3 atom stereocenters. The lowest BCUT2D eigenvalue weighted by atomic mass is 10.0. The molecule has 0 aliphatic carbocycles. The van der Waals surface area contributed by atoms with E-state index in [4.69, 9.17) is 16.0 Å². The molecule has 0 saturated carbocycles. The molecule has 1 saturated heterocycles. The highest BCUT2D eigenvalue weighted by molar-refractivity contribution is 6.34. The van der Waals surface area contributed by atoms with Crippen LogP contribution in [0.15, 0.2) is 83.3 Å². The summed E-state index contributed by atoms with van der Waals surface area (Å²) in [6.45, 7) is 7.52. The molecule has 1 amide bonds. The molecule has 1 aliphatic heterocycles. The number of hydrogen-bond acceptors (Lipinski definition) is 6. The first-order chi connectivity index (χ1) is 21.8. The monoisotopic (exact) mass is 623 g/mol. The van der Waals surface area contributed by atoms with Crippen molar-refractivity contribution in [3.8, 4) is 17.4 Å². The molecule has 8 heteroatoms. The van der Waals surface area contributed by atoms with E-state index in [1.807, 2.05) is 42.5 Å². The van der Waals surface area contributed by atoms with Gasteiger partial charge in [0.1, 0.15) is 11.5 Å². The van der Waals surface area contributed by atoms with E-state index in [9.17, 15) is 10.1 Å². The molecule has 1 unspecified atom stereocenters. The lowest BCUT2D eigenvalue weighted by molar-refractivity contribution is 0.0934. The molecule has 234 valence electrons. The third-order valence-electron chi connectivity index (χ3n) is 8.49. The van der Waals surface area contributed by atoms with Gasteiger partial charge in [-0.15, -0.1) is 0 Å². The van der Waals surface area contributed by atoms with Gasteiger partial charge >= 0.3 is 0 Å². The number of likely N-dealkylation sites (tertiary alicyclic amines) is 1. The van der Waals surface area contributed by atoms with Crippen LogP contribution in [0.5, 0.6) is 0 Å². The third kappa shape index (κ3) is 9.06. The number of nitrogens with zero attached hydrogens (tertiary/aromatic N) is 2. The second-order valence-corrected chi connectivity index (χ2v) is 12.6. The van der Waals surface area contributed by atoms with Crippen LogP contribution in [-0.4, -0.2) is 49.6 Å². The first-order valence-corrected chi connectivity index (χ1v) is 16.1. The molecule has 45 heavy (non-hydrogen) atoms. The van der Waals surface area contributed by atoms with Gasteiger partial charge in [0.15, 0.2) is 0 Å². The van der Waals surface area contributed by atoms with Crippen molar-refractivity contribution in [3.05, 3.63) is 117 Å². The fourth-order valence-corrected chi connectivity index (χ4v) is 5.99. The van der Waals surface area contributed by atoms with Gasteiger partial charge in [-0.05, 0) is 100 Å². The Bertz CT molecular complexity index is 1610. The van der Waals surface area contributed by atoms with Crippen LogP contribution in [0.25, 0.3) is 11.3 Å². The van der Waals surface area contributed by atoms with E-state index in [-0.39, 0.29) is 18.0 Å². The summed E-state index contributed by atoms with van der Waals surface area (Å²) in [6, 6.07) is 27.9. The predicted molar refractivity (Wildman–Crippen MR) is 180 cm³/mol. The Morgan fingerprint density at radius 2 is 1.87 bits per heavy atom. The molecule has 5 rings (SSSR count). The highest BCUT2D eigenvalue weighted by atomic mass is 35.5. The summed E-state index contributed by atoms with van der Waals surface area (Å²) in [4.78, 5) is 16.0. The van der Waals surface area contributed by atoms with E-state index in [2.05, 4.69) is 72.1 Å². The molecule has 3 aromatic carbocycles. The van der Waals surface area contributed by atoms with Gasteiger partial charge in [0.25, 0.3) is 5.91 Å². The summed E-state index contributed by atoms with van der Waals surface area (Å²) in [7, 11) is 2.14. The van der Waals surface area contributed by atoms with Crippen LogP contribution in [0.3, 0.4) is 0 Å². The van der Waals surface area contributed by atoms with E-state index in [0.29, 0.717) is 47.5 Å². The molecular formula is C37H42ClN5O2. The Morgan fingerprint density at radius 1 is 1.09 bits per heavy atom. The maximum atomic E-state index is 13.7. The van der Waals surface area contributed by atoms with Gasteiger partial charge in [-0.3, -0.25) is 4.79 Å². The SMILES string of the molecule is Cc1ccc([C@@H](C)NCc2ccc(-c3ccc(Cl)c(C(=O)N[C@@H](CNC4CCCN(C)C4)Cc4ccc(C#N)cc4)c3)o2)cc1. The van der Waals surface area contributed by atoms with Gasteiger partial charge in [-0.2, -0.15) is 5.26 Å². The van der Waals surface area contributed by atoms with E-state index in [0.717, 1.165) is 42.8 Å². The molecular weight excluding hydrogens is 582 g/mol. The van der Waals surface area contributed by atoms with Gasteiger partial charge in [0.2, 0.25) is 0 Å². The first kappa shape index (κ1) is 32.5. The zero-order valence-corrected chi connectivity index (χ0v) is 27.0. The Hall–Kier alpha value is -3.93. The van der Waals surface area contributed by atoms with Gasteiger partial charge in [0, 0.05) is 36.8 Å². The summed E-state index contributed by atoms with van der Waals surface area (Å²) in [5.41, 5.74) is 5.32. The number of halogens is 1. The van der Waals surface area contributed by atoms with E-state index >= 15 is 0 Å². The number of hydrogen-bond donors (Lipinski definition) is 3. The molecule has 2 heterocycles. The minimum atomic E-state index is -0.233. The maximum absolute atomic E-state index is 13.7. The van der Waals surface area contributed by atoms with E-state index in [1.54, 1.807) is 12.1 Å². The van der Waals surface area contributed by atoms with Crippen LogP contribution in [-0.2, 0) is 13.0 Å². The second kappa shape index (κ2) is 15.4. The molecule has 3 N–H and O–H groups in total. The highest BCUT2D eigenvalue weighted by Gasteiger charge is 2.22. The summed E-state index contributed by atoms with van der Waals surface area (Å²) in [5, 5.41) is 20.0. The van der Waals surface area contributed by atoms with Crippen molar-refractivity contribution in [1.29, 1.82) is 5.26 Å². The molecule has 0 spiro atoms. The lowest BCUT2D eigenvalue weighted by Crippen LogP contribution is -2.50. The fourth-order valence-electron chi connectivity index (χ4n) is 5.79. The minimum absolute atomic E-state index is 0.172. The van der Waals surface area contributed by atoms with Crippen LogP contribution in [0.1, 0.15) is 64.2 Å². The highest BCUT2D eigenvalue weighted by Crippen LogP contribution is 2.27. The van der Waals surface area contributed by atoms with E-state index < -0.39 is 0 Å². The maximum Gasteiger partial charge on any atom is 0.253 e. The normalized spacial score (nSPS) is 16.6. The molecule has 1 aliphatic rings. The number of benzene rings is 3. The number of rotatable bonds is 12.